The summed E-state index contributed by atoms with van der Waals surface area (Å²) in [6.07, 6.45) is 3.96. The predicted molar refractivity (Wildman–Crippen MR) is 143 cm³/mol. The molecule has 5 rings (SSSR count). The first kappa shape index (κ1) is 26.3. The van der Waals surface area contributed by atoms with Crippen LogP contribution in [-0.2, 0) is 25.6 Å². The number of nitrogens with two attached hydrogens (primary N) is 1. The number of imidazole rings is 1. The van der Waals surface area contributed by atoms with E-state index in [4.69, 9.17) is 31.3 Å². The molecular weight excluding hydrogens is 513 g/mol. The normalized spacial score (nSPS) is 39.6. The highest BCUT2D eigenvalue weighted by Gasteiger charge is 2.56. The van der Waals surface area contributed by atoms with E-state index in [2.05, 4.69) is 35.4 Å². The lowest BCUT2D eigenvalue weighted by atomic mass is 9.77. The standard InChI is InChI=1S/C21H30N5O4PS2.H2S/c1-5-13-17(16(27)20(28-13)26-10-25-15-18(22)23-9-24-19(15)26)30-31(32)29-14-8-12(11(2)3)6-7-21(14,4)33-31;/h9-10,12-14,16-17,20,27H,2,5-8H2,1,3-4H3,(H2,22,23,24);1H2/t12-,13-,14+,16-,17-,20-,21+,31-;/m1./s1. The topological polar surface area (TPSA) is 118 Å². The van der Waals surface area contributed by atoms with Gasteiger partial charge in [0.2, 0.25) is 5.69 Å². The molecule has 1 saturated carbocycles. The second kappa shape index (κ2) is 9.63. The van der Waals surface area contributed by atoms with Gasteiger partial charge < -0.3 is 24.6 Å². The number of hydrogen-bond acceptors (Lipinski definition) is 10. The molecule has 3 aliphatic rings. The predicted octanol–water partition coefficient (Wildman–Crippen LogP) is 4.07. The molecule has 2 aromatic rings. The van der Waals surface area contributed by atoms with Crippen LogP contribution in [0.2, 0.25) is 0 Å². The molecular formula is C21H32N5O4PS3. The molecule has 13 heteroatoms. The number of allylic oxidation sites excluding steroid dienone is 1. The van der Waals surface area contributed by atoms with Crippen LogP contribution in [0.25, 0.3) is 11.2 Å². The van der Waals surface area contributed by atoms with Gasteiger partial charge in [0.05, 0.1) is 18.5 Å². The lowest BCUT2D eigenvalue weighted by Gasteiger charge is -2.37. The van der Waals surface area contributed by atoms with Crippen molar-refractivity contribution in [1.29, 1.82) is 0 Å². The fourth-order valence-electron chi connectivity index (χ4n) is 5.05. The van der Waals surface area contributed by atoms with E-state index >= 15 is 0 Å². The maximum absolute atomic E-state index is 11.3. The largest absolute Gasteiger partial charge is 0.386 e. The van der Waals surface area contributed by atoms with Gasteiger partial charge in [0.15, 0.2) is 17.7 Å². The molecule has 188 valence electrons. The maximum atomic E-state index is 11.3. The average Bonchev–Trinajstić information content (AvgIpc) is 3.39. The Balaban J connectivity index is 0.00000274. The Morgan fingerprint density at radius 3 is 2.94 bits per heavy atom. The third kappa shape index (κ3) is 4.45. The van der Waals surface area contributed by atoms with Gasteiger partial charge in [-0.3, -0.25) is 4.57 Å². The SMILES string of the molecule is C=C(C)[C@@H]1CC[C@]2(C)S[P@@](=S)(O[C@H]3[C@@H](O)[C@H](n4cnc5c(N)ncnc54)O[C@@H]3CC)O[C@H]2C1.S. The smallest absolute Gasteiger partial charge is 0.248 e. The molecule has 0 aromatic carbocycles. The molecule has 0 amide bonds. The molecule has 2 saturated heterocycles. The Bertz CT molecular complexity index is 1140. The Labute approximate surface area is 215 Å². The van der Waals surface area contributed by atoms with Crippen molar-refractivity contribution < 1.29 is 18.9 Å². The van der Waals surface area contributed by atoms with Crippen LogP contribution in [-0.4, -0.2) is 53.8 Å². The summed E-state index contributed by atoms with van der Waals surface area (Å²) in [5.41, 5.74) is 5.40. The van der Waals surface area contributed by atoms with Gasteiger partial charge in [-0.25, -0.2) is 15.0 Å². The fourth-order valence-corrected chi connectivity index (χ4v) is 12.6. The summed E-state index contributed by atoms with van der Waals surface area (Å²) in [5.74, 6) is 0.725. The molecule has 3 N–H and O–H groups in total. The zero-order chi connectivity index (χ0) is 23.5. The van der Waals surface area contributed by atoms with Crippen molar-refractivity contribution in [2.45, 2.75) is 81.8 Å². The number of rotatable bonds is 5. The second-order valence-electron chi connectivity index (χ2n) is 9.38. The third-order valence-corrected chi connectivity index (χ3v) is 12.8. The molecule has 2 aliphatic heterocycles. The van der Waals surface area contributed by atoms with Crippen LogP contribution in [0.1, 0.15) is 52.7 Å². The first-order chi connectivity index (χ1) is 15.6. The third-order valence-electron chi connectivity index (χ3n) is 7.07. The van der Waals surface area contributed by atoms with Gasteiger partial charge >= 0.3 is 0 Å². The van der Waals surface area contributed by atoms with Crippen LogP contribution in [0.4, 0.5) is 5.82 Å². The van der Waals surface area contributed by atoms with Crippen LogP contribution < -0.4 is 5.73 Å². The number of hydrogen-bond donors (Lipinski definition) is 2. The Morgan fingerprint density at radius 2 is 2.24 bits per heavy atom. The number of nitrogen functional groups attached to an aromatic ring is 1. The Hall–Kier alpha value is -0.720. The van der Waals surface area contributed by atoms with Crippen molar-refractivity contribution in [1.82, 2.24) is 19.5 Å². The minimum absolute atomic E-state index is 0. The number of nitrogens with zero attached hydrogens (tertiary/aromatic N) is 4. The molecule has 34 heavy (non-hydrogen) atoms. The Kier molecular flexibility index (Phi) is 7.46. The number of aliphatic hydroxyl groups is 1. The number of aromatic nitrogens is 4. The first-order valence-electron chi connectivity index (χ1n) is 11.2. The van der Waals surface area contributed by atoms with Crippen molar-refractivity contribution in [3.8, 4) is 0 Å². The van der Waals surface area contributed by atoms with Crippen LogP contribution >= 0.6 is 30.6 Å². The summed E-state index contributed by atoms with van der Waals surface area (Å²) < 4.78 is 20.7. The minimum atomic E-state index is -2.68. The molecule has 4 heterocycles. The van der Waals surface area contributed by atoms with Gasteiger partial charge in [0.25, 0.3) is 0 Å². The summed E-state index contributed by atoms with van der Waals surface area (Å²) in [5, 5.41) is 11.3. The van der Waals surface area contributed by atoms with Gasteiger partial charge in [-0.15, -0.1) is 0 Å². The van der Waals surface area contributed by atoms with E-state index in [9.17, 15) is 5.11 Å². The van der Waals surface area contributed by atoms with Crippen molar-refractivity contribution in [2.75, 3.05) is 5.73 Å². The van der Waals surface area contributed by atoms with Gasteiger partial charge in [-0.05, 0) is 57.3 Å². The quantitative estimate of drug-likeness (QED) is 0.421. The van der Waals surface area contributed by atoms with Gasteiger partial charge in [0, 0.05) is 4.75 Å². The highest BCUT2D eigenvalue weighted by Crippen LogP contribution is 2.76. The first-order valence-corrected chi connectivity index (χ1v) is 15.3. The Morgan fingerprint density at radius 1 is 1.47 bits per heavy atom. The van der Waals surface area contributed by atoms with E-state index in [0.717, 1.165) is 19.3 Å². The summed E-state index contributed by atoms with van der Waals surface area (Å²) >= 11 is 7.61. The van der Waals surface area contributed by atoms with Gasteiger partial charge in [-0.1, -0.05) is 30.5 Å². The van der Waals surface area contributed by atoms with E-state index in [0.29, 0.717) is 23.5 Å². The minimum Gasteiger partial charge on any atom is -0.386 e. The van der Waals surface area contributed by atoms with E-state index in [1.165, 1.54) is 11.9 Å². The molecule has 0 bridgehead atoms. The number of ether oxygens (including phenoxy) is 1. The van der Waals surface area contributed by atoms with Crippen LogP contribution in [0, 0.1) is 5.92 Å². The number of fused-ring (bicyclic) bond motifs is 2. The highest BCUT2D eigenvalue weighted by atomic mass is 32.9. The highest BCUT2D eigenvalue weighted by molar-refractivity contribution is 8.68. The zero-order valence-electron chi connectivity index (χ0n) is 19.5. The maximum Gasteiger partial charge on any atom is 0.248 e. The van der Waals surface area contributed by atoms with Crippen molar-refractivity contribution in [3.05, 3.63) is 24.8 Å². The average molecular weight is 546 g/mol. The zero-order valence-corrected chi connectivity index (χ0v) is 23.0. The summed E-state index contributed by atoms with van der Waals surface area (Å²) in [6.45, 7) is 10.4. The molecule has 8 atom stereocenters. The van der Waals surface area contributed by atoms with Crippen LogP contribution in [0.15, 0.2) is 24.8 Å². The summed E-state index contributed by atoms with van der Waals surface area (Å²) in [4.78, 5) is 12.6. The fraction of sp³-hybridized carbons (Fsp3) is 0.667. The van der Waals surface area contributed by atoms with E-state index in [-0.39, 0.29) is 36.3 Å². The molecule has 3 fully saturated rings. The van der Waals surface area contributed by atoms with Crippen molar-refractivity contribution >= 4 is 59.4 Å². The van der Waals surface area contributed by atoms with Crippen molar-refractivity contribution in [2.24, 2.45) is 5.92 Å². The summed E-state index contributed by atoms with van der Waals surface area (Å²) in [7, 11) is 0. The number of anilines is 1. The van der Waals surface area contributed by atoms with Crippen LogP contribution in [0.3, 0.4) is 0 Å². The molecule has 0 spiro atoms. The monoisotopic (exact) mass is 545 g/mol. The van der Waals surface area contributed by atoms with Gasteiger partial charge in [-0.2, -0.15) is 13.5 Å². The van der Waals surface area contributed by atoms with E-state index < -0.39 is 24.1 Å². The van der Waals surface area contributed by atoms with Crippen LogP contribution in [0.5, 0.6) is 0 Å². The molecule has 0 unspecified atom stereocenters. The second-order valence-corrected chi connectivity index (χ2v) is 15.9. The molecule has 0 radical (unpaired) electrons. The lowest BCUT2D eigenvalue weighted by Crippen LogP contribution is -2.39. The van der Waals surface area contributed by atoms with Crippen molar-refractivity contribution in [3.63, 3.8) is 0 Å². The molecule has 1 aliphatic carbocycles. The van der Waals surface area contributed by atoms with Gasteiger partial charge in [0.1, 0.15) is 24.1 Å². The lowest BCUT2D eigenvalue weighted by molar-refractivity contribution is -0.0355. The molecule has 2 aromatic heterocycles. The summed E-state index contributed by atoms with van der Waals surface area (Å²) in [6, 6.07) is 0. The van der Waals surface area contributed by atoms with E-state index in [1.807, 2.05) is 6.92 Å². The molecule has 9 nitrogen and oxygen atoms in total. The number of aliphatic hydroxyl groups excluding tert-OH is 1. The van der Waals surface area contributed by atoms with E-state index in [1.54, 1.807) is 22.3 Å².